The topological polar surface area (TPSA) is 79.3 Å². The van der Waals surface area contributed by atoms with E-state index in [1.165, 1.54) is 12.6 Å². The van der Waals surface area contributed by atoms with Crippen LogP contribution in [0.15, 0.2) is 30.3 Å². The Morgan fingerprint density at radius 2 is 1.68 bits per heavy atom. The molecular weight excluding hydrogens is 354 g/mol. The third kappa shape index (κ3) is 5.66. The molecule has 1 fully saturated rings. The van der Waals surface area contributed by atoms with Gasteiger partial charge in [-0.15, -0.1) is 0 Å². The maximum atomic E-state index is 12.3. The monoisotopic (exact) mass is 383 g/mol. The molecule has 1 saturated heterocycles. The molecule has 150 valence electrons. The van der Waals surface area contributed by atoms with Crippen molar-refractivity contribution in [3.05, 3.63) is 41.7 Å². The summed E-state index contributed by atoms with van der Waals surface area (Å²) in [5.41, 5.74) is 3.73. The number of likely N-dealkylation sites (tertiary alicyclic amines) is 1. The van der Waals surface area contributed by atoms with Crippen LogP contribution in [0.25, 0.3) is 0 Å². The normalized spacial score (nSPS) is 15.4. The Balaban J connectivity index is 1.42. The average Bonchev–Trinajstić information content (AvgIpc) is 2.95. The number of nitrogens with one attached hydrogen (secondary N) is 2. The van der Waals surface area contributed by atoms with Crippen LogP contribution >= 0.6 is 0 Å². The molecule has 1 aliphatic rings. The number of carbonyl (C=O) groups is 2. The molecule has 7 heteroatoms. The van der Waals surface area contributed by atoms with Gasteiger partial charge in [-0.05, 0) is 76.0 Å². The number of hydrogen-bond acceptors (Lipinski definition) is 4. The second kappa shape index (κ2) is 9.01. The smallest absolute Gasteiger partial charge is 0.238 e. The van der Waals surface area contributed by atoms with Gasteiger partial charge in [-0.2, -0.15) is 5.10 Å². The number of piperidine rings is 1. The Kier molecular flexibility index (Phi) is 6.46. The molecule has 2 N–H and O–H groups in total. The van der Waals surface area contributed by atoms with Crippen molar-refractivity contribution < 1.29 is 9.59 Å². The van der Waals surface area contributed by atoms with Gasteiger partial charge < -0.3 is 10.6 Å². The molecule has 2 heterocycles. The van der Waals surface area contributed by atoms with Crippen molar-refractivity contribution in [1.29, 1.82) is 0 Å². The standard InChI is InChI=1S/C21H29N5O2/c1-15-12-16(2)26(24-15)13-18-8-10-25(11-9-18)14-21(28)23-20-6-4-19(5-7-20)22-17(3)27/h4-7,12,18H,8-11,13-14H2,1-3H3,(H,22,27)(H,23,28). The first kappa shape index (κ1) is 20.1. The zero-order valence-electron chi connectivity index (χ0n) is 16.9. The first-order chi connectivity index (χ1) is 13.4. The fourth-order valence-corrected chi connectivity index (χ4v) is 3.68. The number of aromatic nitrogens is 2. The Hall–Kier alpha value is -2.67. The highest BCUT2D eigenvalue weighted by Crippen LogP contribution is 2.20. The summed E-state index contributed by atoms with van der Waals surface area (Å²) in [5.74, 6) is 0.487. The van der Waals surface area contributed by atoms with Crippen LogP contribution < -0.4 is 10.6 Å². The Morgan fingerprint density at radius 3 is 2.21 bits per heavy atom. The number of nitrogens with zero attached hydrogens (tertiary/aromatic N) is 3. The Bertz CT molecular complexity index is 820. The van der Waals surface area contributed by atoms with Crippen molar-refractivity contribution in [2.75, 3.05) is 30.3 Å². The first-order valence-corrected chi connectivity index (χ1v) is 9.80. The summed E-state index contributed by atoms with van der Waals surface area (Å²) in [5, 5.41) is 10.2. The lowest BCUT2D eigenvalue weighted by atomic mass is 9.97. The molecule has 0 bridgehead atoms. The minimum absolute atomic E-state index is 0.00993. The van der Waals surface area contributed by atoms with E-state index in [-0.39, 0.29) is 11.8 Å². The predicted octanol–water partition coefficient (Wildman–Crippen LogP) is 2.81. The zero-order chi connectivity index (χ0) is 20.1. The number of aryl methyl sites for hydroxylation is 2. The van der Waals surface area contributed by atoms with Crippen molar-refractivity contribution in [1.82, 2.24) is 14.7 Å². The summed E-state index contributed by atoms with van der Waals surface area (Å²) in [6.07, 6.45) is 2.16. The van der Waals surface area contributed by atoms with Gasteiger partial charge in [0.25, 0.3) is 0 Å². The maximum absolute atomic E-state index is 12.3. The molecule has 0 atom stereocenters. The number of benzene rings is 1. The van der Waals surface area contributed by atoms with E-state index in [0.29, 0.717) is 12.5 Å². The summed E-state index contributed by atoms with van der Waals surface area (Å²) in [6, 6.07) is 9.26. The largest absolute Gasteiger partial charge is 0.326 e. The van der Waals surface area contributed by atoms with E-state index in [0.717, 1.165) is 49.5 Å². The van der Waals surface area contributed by atoms with Crippen molar-refractivity contribution in [2.24, 2.45) is 5.92 Å². The fourth-order valence-electron chi connectivity index (χ4n) is 3.68. The van der Waals surface area contributed by atoms with E-state index >= 15 is 0 Å². The molecule has 1 aliphatic heterocycles. The molecule has 2 amide bonds. The van der Waals surface area contributed by atoms with Gasteiger partial charge in [-0.25, -0.2) is 0 Å². The zero-order valence-corrected chi connectivity index (χ0v) is 16.9. The van der Waals surface area contributed by atoms with Crippen molar-refractivity contribution in [2.45, 2.75) is 40.2 Å². The quantitative estimate of drug-likeness (QED) is 0.804. The highest BCUT2D eigenvalue weighted by molar-refractivity contribution is 5.93. The molecule has 1 aromatic heterocycles. The second-order valence-electron chi connectivity index (χ2n) is 7.64. The molecule has 2 aromatic rings. The van der Waals surface area contributed by atoms with Gasteiger partial charge >= 0.3 is 0 Å². The Morgan fingerprint density at radius 1 is 1.07 bits per heavy atom. The van der Waals surface area contributed by atoms with Crippen LogP contribution in [-0.2, 0) is 16.1 Å². The Labute approximate surface area is 166 Å². The van der Waals surface area contributed by atoms with Gasteiger partial charge in [-0.3, -0.25) is 19.2 Å². The number of anilines is 2. The lowest BCUT2D eigenvalue weighted by molar-refractivity contribution is -0.117. The van der Waals surface area contributed by atoms with Crippen LogP contribution in [0, 0.1) is 19.8 Å². The number of amides is 2. The molecule has 28 heavy (non-hydrogen) atoms. The molecule has 7 nitrogen and oxygen atoms in total. The number of rotatable bonds is 6. The van der Waals surface area contributed by atoms with Crippen LogP contribution in [0.4, 0.5) is 11.4 Å². The van der Waals surface area contributed by atoms with Gasteiger partial charge in [0.1, 0.15) is 0 Å². The summed E-state index contributed by atoms with van der Waals surface area (Å²) >= 11 is 0. The third-order valence-electron chi connectivity index (χ3n) is 5.10. The molecular formula is C21H29N5O2. The summed E-state index contributed by atoms with van der Waals surface area (Å²) in [6.45, 7) is 8.81. The van der Waals surface area contributed by atoms with Gasteiger partial charge in [0, 0.05) is 30.5 Å². The molecule has 0 aliphatic carbocycles. The number of carbonyl (C=O) groups excluding carboxylic acids is 2. The van der Waals surface area contributed by atoms with E-state index in [1.807, 2.05) is 6.92 Å². The molecule has 1 aromatic carbocycles. The van der Waals surface area contributed by atoms with E-state index < -0.39 is 0 Å². The minimum Gasteiger partial charge on any atom is -0.326 e. The SMILES string of the molecule is CC(=O)Nc1ccc(NC(=O)CN2CCC(Cn3nc(C)cc3C)CC2)cc1. The lowest BCUT2D eigenvalue weighted by Crippen LogP contribution is -2.40. The van der Waals surface area contributed by atoms with E-state index in [1.54, 1.807) is 24.3 Å². The van der Waals surface area contributed by atoms with Gasteiger partial charge in [0.15, 0.2) is 0 Å². The highest BCUT2D eigenvalue weighted by Gasteiger charge is 2.22. The van der Waals surface area contributed by atoms with Crippen molar-refractivity contribution >= 4 is 23.2 Å². The second-order valence-corrected chi connectivity index (χ2v) is 7.64. The summed E-state index contributed by atoms with van der Waals surface area (Å²) in [4.78, 5) is 25.6. The number of hydrogen-bond donors (Lipinski definition) is 2. The fraction of sp³-hybridized carbons (Fsp3) is 0.476. The third-order valence-corrected chi connectivity index (χ3v) is 5.10. The van der Waals surface area contributed by atoms with Crippen molar-refractivity contribution in [3.8, 4) is 0 Å². The van der Waals surface area contributed by atoms with E-state index in [4.69, 9.17) is 0 Å². The van der Waals surface area contributed by atoms with Crippen LogP contribution in [-0.4, -0.2) is 46.1 Å². The lowest BCUT2D eigenvalue weighted by Gasteiger charge is -2.31. The summed E-state index contributed by atoms with van der Waals surface area (Å²) in [7, 11) is 0. The molecule has 0 radical (unpaired) electrons. The predicted molar refractivity (Wildman–Crippen MR) is 110 cm³/mol. The van der Waals surface area contributed by atoms with E-state index in [2.05, 4.69) is 38.3 Å². The molecule has 0 unspecified atom stereocenters. The maximum Gasteiger partial charge on any atom is 0.238 e. The first-order valence-electron chi connectivity index (χ1n) is 9.80. The molecule has 0 saturated carbocycles. The van der Waals surface area contributed by atoms with Gasteiger partial charge in [0.2, 0.25) is 11.8 Å². The van der Waals surface area contributed by atoms with Crippen LogP contribution in [0.5, 0.6) is 0 Å². The van der Waals surface area contributed by atoms with Gasteiger partial charge in [-0.1, -0.05) is 0 Å². The van der Waals surface area contributed by atoms with Crippen LogP contribution in [0.2, 0.25) is 0 Å². The highest BCUT2D eigenvalue weighted by atomic mass is 16.2. The molecule has 3 rings (SSSR count). The average molecular weight is 383 g/mol. The minimum atomic E-state index is -0.113. The van der Waals surface area contributed by atoms with Crippen LogP contribution in [0.1, 0.15) is 31.2 Å². The summed E-state index contributed by atoms with van der Waals surface area (Å²) < 4.78 is 2.10. The molecule has 0 spiro atoms. The van der Waals surface area contributed by atoms with E-state index in [9.17, 15) is 9.59 Å². The van der Waals surface area contributed by atoms with Crippen molar-refractivity contribution in [3.63, 3.8) is 0 Å². The van der Waals surface area contributed by atoms with Crippen LogP contribution in [0.3, 0.4) is 0 Å². The van der Waals surface area contributed by atoms with Gasteiger partial charge in [0.05, 0.1) is 12.2 Å².